The molecule has 0 unspecified atom stereocenters. The summed E-state index contributed by atoms with van der Waals surface area (Å²) in [6, 6.07) is 0. The maximum Gasteiger partial charge on any atom is 0.331 e. The van der Waals surface area contributed by atoms with Crippen molar-refractivity contribution in [2.45, 2.75) is 231 Å². The molecule has 0 aromatic rings. The summed E-state index contributed by atoms with van der Waals surface area (Å²) in [5.41, 5.74) is 0. The minimum atomic E-state index is -0.809. The van der Waals surface area contributed by atoms with Crippen molar-refractivity contribution in [2.75, 3.05) is 0 Å². The van der Waals surface area contributed by atoms with Crippen LogP contribution in [0.15, 0.2) is 72.9 Å². The second-order valence-electron chi connectivity index (χ2n) is 20.3. The van der Waals surface area contributed by atoms with Crippen LogP contribution in [0.3, 0.4) is 0 Å². The first-order chi connectivity index (χ1) is 29.1. The van der Waals surface area contributed by atoms with E-state index in [-0.39, 0.29) is 72.7 Å². The quantitative estimate of drug-likeness (QED) is 0.254. The van der Waals surface area contributed by atoms with Crippen molar-refractivity contribution in [3.8, 4) is 0 Å². The molecule has 0 amide bonds. The van der Waals surface area contributed by atoms with Gasteiger partial charge in [-0.25, -0.2) is 4.79 Å². The number of rotatable bonds is 1. The highest BCUT2D eigenvalue weighted by molar-refractivity contribution is 5.82. The highest BCUT2D eigenvalue weighted by atomic mass is 16.7. The molecule has 0 aromatic heterocycles. The number of hydrogen-bond acceptors (Lipinski definition) is 11. The number of cyclic esters (lactones) is 1. The van der Waals surface area contributed by atoms with E-state index in [1.165, 1.54) is 6.08 Å². The van der Waals surface area contributed by atoms with E-state index in [1.807, 2.05) is 110 Å². The van der Waals surface area contributed by atoms with Crippen molar-refractivity contribution in [2.24, 2.45) is 11.8 Å². The van der Waals surface area contributed by atoms with Crippen LogP contribution in [0.2, 0.25) is 0 Å². The number of esters is 1. The predicted molar refractivity (Wildman–Crippen MR) is 241 cm³/mol. The molecular weight excluding hydrogens is 789 g/mol. The van der Waals surface area contributed by atoms with Crippen LogP contribution < -0.4 is 0 Å². The molecule has 11 heteroatoms. The molecule has 11 nitrogen and oxygen atoms in total. The first-order valence-corrected chi connectivity index (χ1v) is 23.4. The lowest BCUT2D eigenvalue weighted by atomic mass is 9.88. The van der Waals surface area contributed by atoms with E-state index in [2.05, 4.69) is 26.8 Å². The number of ether oxygens (including phenoxy) is 9. The minimum Gasteiger partial charge on any atom is -0.459 e. The molecule has 0 saturated carbocycles. The molecule has 350 valence electrons. The van der Waals surface area contributed by atoms with Crippen LogP contribution in [0.1, 0.15) is 147 Å². The molecule has 62 heavy (non-hydrogen) atoms. The Morgan fingerprint density at radius 2 is 0.823 bits per heavy atom. The highest BCUT2D eigenvalue weighted by Crippen LogP contribution is 2.39. The molecule has 5 rings (SSSR count). The van der Waals surface area contributed by atoms with E-state index in [4.69, 9.17) is 42.6 Å². The molecular formula is C51H80O11. The summed E-state index contributed by atoms with van der Waals surface area (Å²) in [5, 5.41) is 11.4. The number of carbonyl (C=O) groups excluding carboxylic acids is 1. The number of carbonyl (C=O) groups is 1. The minimum absolute atomic E-state index is 0.00739. The van der Waals surface area contributed by atoms with Gasteiger partial charge in [0.15, 0.2) is 23.1 Å². The van der Waals surface area contributed by atoms with Gasteiger partial charge < -0.3 is 47.7 Å². The Balaban J connectivity index is 1.30. The van der Waals surface area contributed by atoms with E-state index in [1.54, 1.807) is 6.08 Å². The zero-order valence-electron chi connectivity index (χ0n) is 39.7. The maximum absolute atomic E-state index is 12.9. The summed E-state index contributed by atoms with van der Waals surface area (Å²) in [6.07, 6.45) is 28.8. The third-order valence-corrected chi connectivity index (χ3v) is 12.0. The first kappa shape index (κ1) is 50.5. The third-order valence-electron chi connectivity index (χ3n) is 12.0. The van der Waals surface area contributed by atoms with Crippen molar-refractivity contribution >= 4 is 5.97 Å². The van der Waals surface area contributed by atoms with Crippen LogP contribution >= 0.6 is 0 Å². The normalized spacial score (nSPS) is 40.8. The van der Waals surface area contributed by atoms with Gasteiger partial charge in [-0.2, -0.15) is 0 Å². The van der Waals surface area contributed by atoms with Crippen molar-refractivity contribution in [3.05, 3.63) is 72.9 Å². The standard InChI is InChI=1S/C51H80O11/c1-35(2)47-36(3)25-26-39-30-42(59-49(6,7)56-39)32-44-34-45(62-51(10,11)61-44)33-43-31-41(58-50(8,9)60-43)28-37(52)27-40-29-38(55-48(4,5)57-40)23-21-19-17-15-13-12-14-16-18-20-22-24-46(53)54-47/h12-22,24,35-45,47,52H,23,25-34H2,1-11H3/b13-12+,16-14+,17-15+,20-18+,21-19+,24-22+/t36-,37-,38+,39-,40+,41-,42-,43+,44-,45-,47-/m0/s1. The first-order valence-electron chi connectivity index (χ1n) is 23.4. The summed E-state index contributed by atoms with van der Waals surface area (Å²) < 4.78 is 57.6. The summed E-state index contributed by atoms with van der Waals surface area (Å²) in [4.78, 5) is 12.9. The van der Waals surface area contributed by atoms with Gasteiger partial charge >= 0.3 is 5.97 Å². The highest BCUT2D eigenvalue weighted by Gasteiger charge is 2.44. The van der Waals surface area contributed by atoms with E-state index in [0.29, 0.717) is 38.5 Å². The van der Waals surface area contributed by atoms with Gasteiger partial charge in [-0.1, -0.05) is 87.6 Å². The van der Waals surface area contributed by atoms with Crippen LogP contribution in [-0.4, -0.2) is 95.3 Å². The average molecular weight is 869 g/mol. The lowest BCUT2D eigenvalue weighted by molar-refractivity contribution is -0.335. The Bertz CT molecular complexity index is 1590. The maximum atomic E-state index is 12.9. The van der Waals surface area contributed by atoms with Gasteiger partial charge in [0.25, 0.3) is 0 Å². The second-order valence-corrected chi connectivity index (χ2v) is 20.3. The van der Waals surface area contributed by atoms with Crippen LogP contribution in [0.4, 0.5) is 0 Å². The SMILES string of the molecule is CC(C)[C@@H]1OC(=O)/C=C/C=C/C=C/C=C/C=C/C=C/C[C@@H]2C[C@@H](C[C@H](O)C[C@H]3C[C@H](C[C@H]4C[C@H](C[C@@H]5C[C@H](CC[C@@H]1C)OC(C)(C)O5)OC(C)(C)O4)OC(C)(C)O3)OC(C)(C)O2. The van der Waals surface area contributed by atoms with Gasteiger partial charge in [0.2, 0.25) is 0 Å². The van der Waals surface area contributed by atoms with Gasteiger partial charge in [-0.15, -0.1) is 0 Å². The molecule has 5 heterocycles. The van der Waals surface area contributed by atoms with Crippen LogP contribution in [0, 0.1) is 11.8 Å². The zero-order chi connectivity index (χ0) is 45.1. The number of fused-ring (bicyclic) bond motifs is 8. The summed E-state index contributed by atoms with van der Waals surface area (Å²) in [6.45, 7) is 22.1. The van der Waals surface area contributed by atoms with Gasteiger partial charge in [0.05, 0.1) is 54.9 Å². The lowest BCUT2D eigenvalue weighted by Crippen LogP contribution is -2.51. The van der Waals surface area contributed by atoms with Crippen LogP contribution in [0.25, 0.3) is 0 Å². The van der Waals surface area contributed by atoms with Crippen molar-refractivity contribution in [1.29, 1.82) is 0 Å². The lowest BCUT2D eigenvalue weighted by Gasteiger charge is -2.47. The summed E-state index contributed by atoms with van der Waals surface area (Å²) in [7, 11) is 0. The van der Waals surface area contributed by atoms with Crippen LogP contribution in [-0.2, 0) is 47.4 Å². The monoisotopic (exact) mass is 869 g/mol. The Hall–Kier alpha value is -2.45. The molecule has 5 aliphatic rings. The molecule has 1 N–H and O–H groups in total. The topological polar surface area (TPSA) is 120 Å². The van der Waals surface area contributed by atoms with E-state index in [9.17, 15) is 9.90 Å². The third kappa shape index (κ3) is 17.5. The summed E-state index contributed by atoms with van der Waals surface area (Å²) >= 11 is 0. The van der Waals surface area contributed by atoms with E-state index >= 15 is 0 Å². The van der Waals surface area contributed by atoms with Gasteiger partial charge in [0.1, 0.15) is 6.10 Å². The second kappa shape index (κ2) is 22.6. The Morgan fingerprint density at radius 3 is 1.26 bits per heavy atom. The molecule has 0 spiro atoms. The zero-order valence-corrected chi connectivity index (χ0v) is 39.7. The Morgan fingerprint density at radius 1 is 0.484 bits per heavy atom. The number of aliphatic hydroxyl groups is 1. The molecule has 0 aromatic carbocycles. The molecule has 4 fully saturated rings. The molecule has 0 radical (unpaired) electrons. The molecule has 11 atom stereocenters. The average Bonchev–Trinajstić information content (AvgIpc) is 3.11. The fraction of sp³-hybridized carbons (Fsp3) is 0.745. The van der Waals surface area contributed by atoms with Crippen molar-refractivity contribution in [3.63, 3.8) is 0 Å². The van der Waals surface area contributed by atoms with Gasteiger partial charge in [-0.05, 0) is 99.3 Å². The Kier molecular flexibility index (Phi) is 18.5. The molecule has 4 saturated heterocycles. The fourth-order valence-corrected chi connectivity index (χ4v) is 10.0. The number of allylic oxidation sites excluding steroid dienone is 10. The largest absolute Gasteiger partial charge is 0.459 e. The van der Waals surface area contributed by atoms with Gasteiger partial charge in [-0.3, -0.25) is 0 Å². The number of hydrogen-bond donors (Lipinski definition) is 1. The Labute approximate surface area is 373 Å². The smallest absolute Gasteiger partial charge is 0.331 e. The van der Waals surface area contributed by atoms with Gasteiger partial charge in [0, 0.05) is 44.6 Å². The van der Waals surface area contributed by atoms with Crippen molar-refractivity contribution < 1.29 is 52.5 Å². The number of aliphatic hydroxyl groups excluding tert-OH is 1. The fourth-order valence-electron chi connectivity index (χ4n) is 10.0. The molecule has 5 aliphatic heterocycles. The summed E-state index contributed by atoms with van der Waals surface area (Å²) in [5.74, 6) is -3.13. The predicted octanol–water partition coefficient (Wildman–Crippen LogP) is 10.3. The van der Waals surface area contributed by atoms with Crippen molar-refractivity contribution in [1.82, 2.24) is 0 Å². The van der Waals surface area contributed by atoms with Crippen LogP contribution in [0.5, 0.6) is 0 Å². The molecule has 0 aliphatic carbocycles. The van der Waals surface area contributed by atoms with E-state index in [0.717, 1.165) is 32.1 Å². The van der Waals surface area contributed by atoms with E-state index < -0.39 is 29.3 Å². The molecule has 8 bridgehead atoms.